The standard InChI is InChI=1S/C17H15F5N2O3S/c18-14-6-5-13(9-15(14)19)28(26,27)24-8-7-16(25)23-10-11-1-3-12(4-2-11)17(20,21)22/h1-6,9,24H,7-8,10H2,(H,23,25). The molecular formula is C17H15F5N2O3S. The molecule has 0 atom stereocenters. The second-order valence-electron chi connectivity index (χ2n) is 5.70. The summed E-state index contributed by atoms with van der Waals surface area (Å²) in [6.45, 7) is -0.340. The first-order valence-electron chi connectivity index (χ1n) is 7.86. The number of hydrogen-bond acceptors (Lipinski definition) is 3. The highest BCUT2D eigenvalue weighted by atomic mass is 32.2. The second kappa shape index (κ2) is 8.65. The van der Waals surface area contributed by atoms with Crippen molar-refractivity contribution in [2.45, 2.75) is 24.0 Å². The highest BCUT2D eigenvalue weighted by Gasteiger charge is 2.29. The minimum atomic E-state index is -4.45. The number of amides is 1. The molecule has 0 radical (unpaired) electrons. The van der Waals surface area contributed by atoms with Gasteiger partial charge in [0.25, 0.3) is 0 Å². The molecule has 28 heavy (non-hydrogen) atoms. The average Bonchev–Trinajstić information content (AvgIpc) is 2.61. The number of hydrogen-bond donors (Lipinski definition) is 2. The molecule has 2 aromatic rings. The predicted molar refractivity (Wildman–Crippen MR) is 89.5 cm³/mol. The van der Waals surface area contributed by atoms with Crippen LogP contribution in [0, 0.1) is 11.6 Å². The van der Waals surface area contributed by atoms with Crippen molar-refractivity contribution in [3.05, 3.63) is 65.2 Å². The number of carbonyl (C=O) groups is 1. The fourth-order valence-electron chi connectivity index (χ4n) is 2.13. The number of carbonyl (C=O) groups excluding carboxylic acids is 1. The van der Waals surface area contributed by atoms with Crippen molar-refractivity contribution >= 4 is 15.9 Å². The van der Waals surface area contributed by atoms with Crippen molar-refractivity contribution in [3.8, 4) is 0 Å². The van der Waals surface area contributed by atoms with Crippen LogP contribution in [0.3, 0.4) is 0 Å². The van der Waals surface area contributed by atoms with Crippen LogP contribution in [0.5, 0.6) is 0 Å². The molecule has 0 aliphatic heterocycles. The lowest BCUT2D eigenvalue weighted by Gasteiger charge is -2.09. The Balaban J connectivity index is 1.81. The summed E-state index contributed by atoms with van der Waals surface area (Å²) >= 11 is 0. The highest BCUT2D eigenvalue weighted by Crippen LogP contribution is 2.29. The monoisotopic (exact) mass is 422 g/mol. The van der Waals surface area contributed by atoms with E-state index in [2.05, 4.69) is 10.0 Å². The molecule has 0 aliphatic rings. The number of alkyl halides is 3. The lowest BCUT2D eigenvalue weighted by atomic mass is 10.1. The fraction of sp³-hybridized carbons (Fsp3) is 0.235. The first-order chi connectivity index (χ1) is 13.0. The molecule has 11 heteroatoms. The molecule has 0 saturated heterocycles. The van der Waals surface area contributed by atoms with E-state index in [1.807, 2.05) is 0 Å². The molecule has 0 heterocycles. The lowest BCUT2D eigenvalue weighted by Crippen LogP contribution is -2.30. The van der Waals surface area contributed by atoms with Gasteiger partial charge in [0.1, 0.15) is 0 Å². The maximum atomic E-state index is 13.1. The Kier molecular flexibility index (Phi) is 6.73. The van der Waals surface area contributed by atoms with Crippen molar-refractivity contribution in [1.29, 1.82) is 0 Å². The summed E-state index contributed by atoms with van der Waals surface area (Å²) in [5, 5.41) is 2.44. The zero-order valence-corrected chi connectivity index (χ0v) is 15.0. The van der Waals surface area contributed by atoms with E-state index in [1.54, 1.807) is 0 Å². The van der Waals surface area contributed by atoms with Crippen LogP contribution >= 0.6 is 0 Å². The highest BCUT2D eigenvalue weighted by molar-refractivity contribution is 7.89. The van der Waals surface area contributed by atoms with Crippen molar-refractivity contribution in [2.75, 3.05) is 6.54 Å². The van der Waals surface area contributed by atoms with Crippen LogP contribution in [-0.2, 0) is 27.5 Å². The summed E-state index contributed by atoms with van der Waals surface area (Å²) < 4.78 is 89.3. The van der Waals surface area contributed by atoms with Gasteiger partial charge in [0.2, 0.25) is 15.9 Å². The van der Waals surface area contributed by atoms with Crippen LogP contribution in [0.2, 0.25) is 0 Å². The van der Waals surface area contributed by atoms with E-state index in [0.717, 1.165) is 18.2 Å². The topological polar surface area (TPSA) is 75.3 Å². The van der Waals surface area contributed by atoms with Crippen LogP contribution < -0.4 is 10.0 Å². The summed E-state index contributed by atoms with van der Waals surface area (Å²) in [7, 11) is -4.12. The van der Waals surface area contributed by atoms with Gasteiger partial charge in [-0.3, -0.25) is 4.79 Å². The fourth-order valence-corrected chi connectivity index (χ4v) is 3.17. The minimum Gasteiger partial charge on any atom is -0.352 e. The lowest BCUT2D eigenvalue weighted by molar-refractivity contribution is -0.137. The zero-order chi connectivity index (χ0) is 20.9. The average molecular weight is 422 g/mol. The molecule has 0 bridgehead atoms. The van der Waals surface area contributed by atoms with Crippen molar-refractivity contribution in [3.63, 3.8) is 0 Å². The SMILES string of the molecule is O=C(CCNS(=O)(=O)c1ccc(F)c(F)c1)NCc1ccc(C(F)(F)F)cc1. The van der Waals surface area contributed by atoms with E-state index in [4.69, 9.17) is 0 Å². The van der Waals surface area contributed by atoms with Crippen LogP contribution in [0.25, 0.3) is 0 Å². The molecule has 152 valence electrons. The summed E-state index contributed by atoms with van der Waals surface area (Å²) in [4.78, 5) is 11.2. The summed E-state index contributed by atoms with van der Waals surface area (Å²) in [6.07, 6.45) is -4.71. The summed E-state index contributed by atoms with van der Waals surface area (Å²) in [6, 6.07) is 6.27. The summed E-state index contributed by atoms with van der Waals surface area (Å²) in [5.74, 6) is -3.06. The largest absolute Gasteiger partial charge is 0.416 e. The zero-order valence-electron chi connectivity index (χ0n) is 14.2. The van der Waals surface area contributed by atoms with E-state index in [1.165, 1.54) is 12.1 Å². The Morgan fingerprint density at radius 2 is 1.61 bits per heavy atom. The van der Waals surface area contributed by atoms with E-state index < -0.39 is 44.2 Å². The van der Waals surface area contributed by atoms with Gasteiger partial charge < -0.3 is 5.32 Å². The molecule has 2 N–H and O–H groups in total. The smallest absolute Gasteiger partial charge is 0.352 e. The maximum Gasteiger partial charge on any atom is 0.416 e. The second-order valence-corrected chi connectivity index (χ2v) is 7.46. The van der Waals surface area contributed by atoms with E-state index in [-0.39, 0.29) is 19.5 Å². The quantitative estimate of drug-likeness (QED) is 0.674. The minimum absolute atomic E-state index is 0.0348. The number of sulfonamides is 1. The van der Waals surface area contributed by atoms with Crippen LogP contribution in [0.1, 0.15) is 17.5 Å². The first-order valence-corrected chi connectivity index (χ1v) is 9.35. The molecule has 0 saturated carbocycles. The number of benzene rings is 2. The van der Waals surface area contributed by atoms with Crippen LogP contribution in [0.4, 0.5) is 22.0 Å². The van der Waals surface area contributed by atoms with Crippen molar-refractivity contribution in [2.24, 2.45) is 0 Å². The maximum absolute atomic E-state index is 13.1. The van der Waals surface area contributed by atoms with Crippen molar-refractivity contribution < 1.29 is 35.2 Å². The predicted octanol–water partition coefficient (Wildman–Crippen LogP) is 2.97. The van der Waals surface area contributed by atoms with Crippen LogP contribution in [-0.4, -0.2) is 20.9 Å². The molecular weight excluding hydrogens is 407 g/mol. The normalized spacial score (nSPS) is 12.0. The number of rotatable bonds is 7. The van der Waals surface area contributed by atoms with E-state index >= 15 is 0 Å². The van der Waals surface area contributed by atoms with Gasteiger partial charge in [-0.2, -0.15) is 13.2 Å². The van der Waals surface area contributed by atoms with Gasteiger partial charge in [0, 0.05) is 19.5 Å². The van der Waals surface area contributed by atoms with E-state index in [9.17, 15) is 35.2 Å². The number of nitrogens with one attached hydrogen (secondary N) is 2. The Morgan fingerprint density at radius 3 is 2.18 bits per heavy atom. The third-order valence-corrected chi connectivity index (χ3v) is 5.08. The third-order valence-electron chi connectivity index (χ3n) is 3.62. The van der Waals surface area contributed by atoms with Gasteiger partial charge in [-0.1, -0.05) is 12.1 Å². The van der Waals surface area contributed by atoms with Gasteiger partial charge in [0.05, 0.1) is 10.5 Å². The van der Waals surface area contributed by atoms with Gasteiger partial charge in [-0.25, -0.2) is 21.9 Å². The molecule has 1 amide bonds. The molecule has 2 rings (SSSR count). The summed E-state index contributed by atoms with van der Waals surface area (Å²) in [5.41, 5.74) is -0.377. The Labute approximate surface area is 157 Å². The molecule has 0 aromatic heterocycles. The molecule has 0 spiro atoms. The molecule has 0 unspecified atom stereocenters. The van der Waals surface area contributed by atoms with E-state index in [0.29, 0.717) is 17.7 Å². The molecule has 0 fully saturated rings. The van der Waals surface area contributed by atoms with Crippen LogP contribution in [0.15, 0.2) is 47.4 Å². The van der Waals surface area contributed by atoms with Gasteiger partial charge in [0.15, 0.2) is 11.6 Å². The van der Waals surface area contributed by atoms with Gasteiger partial charge >= 0.3 is 6.18 Å². The Morgan fingerprint density at radius 1 is 0.964 bits per heavy atom. The molecule has 0 aliphatic carbocycles. The Hall–Kier alpha value is -2.53. The third kappa shape index (κ3) is 5.99. The number of halogens is 5. The molecule has 5 nitrogen and oxygen atoms in total. The van der Waals surface area contributed by atoms with Crippen molar-refractivity contribution in [1.82, 2.24) is 10.0 Å². The van der Waals surface area contributed by atoms with Gasteiger partial charge in [-0.15, -0.1) is 0 Å². The first kappa shape index (κ1) is 21.8. The van der Waals surface area contributed by atoms with Gasteiger partial charge in [-0.05, 0) is 35.9 Å². The molecule has 2 aromatic carbocycles. The Bertz CT molecular complexity index is 944.